The molecule has 0 saturated carbocycles. The van der Waals surface area contributed by atoms with E-state index in [0.717, 1.165) is 16.2 Å². The number of methoxy groups -OCH3 is 1. The summed E-state index contributed by atoms with van der Waals surface area (Å²) in [7, 11) is 1.71. The molecular weight excluding hydrogens is 471 g/mol. The minimum Gasteiger partial charge on any atom is -0.497 e. The third-order valence-electron chi connectivity index (χ3n) is 7.16. The average molecular weight is 489 g/mol. The largest absolute Gasteiger partial charge is 0.497 e. The topological polar surface area (TPSA) is 9.23 Å². The zero-order valence-electron chi connectivity index (χ0n) is 18.7. The molecule has 0 atom stereocenters. The molecule has 0 saturated heterocycles. The van der Waals surface area contributed by atoms with Crippen LogP contribution in [-0.2, 0) is 0 Å². The zero-order chi connectivity index (χ0) is 23.3. The molecule has 0 fully saturated rings. The van der Waals surface area contributed by atoms with E-state index in [1.807, 2.05) is 29.5 Å². The van der Waals surface area contributed by atoms with Crippen LogP contribution < -0.4 is 4.74 Å². The molecule has 1 nitrogen and oxygen atoms in total. The maximum atomic E-state index is 13.8. The molecule has 8 rings (SSSR count). The highest BCUT2D eigenvalue weighted by molar-refractivity contribution is 7.20. The van der Waals surface area contributed by atoms with Crippen LogP contribution in [0.2, 0.25) is 0 Å². The third kappa shape index (κ3) is 2.61. The van der Waals surface area contributed by atoms with E-state index in [1.54, 1.807) is 30.6 Å². The van der Waals surface area contributed by atoms with Gasteiger partial charge in [-0.1, -0.05) is 48.5 Å². The van der Waals surface area contributed by atoms with Crippen molar-refractivity contribution in [3.05, 3.63) is 90.7 Å². The van der Waals surface area contributed by atoms with Crippen LogP contribution in [0.15, 0.2) is 84.9 Å². The van der Waals surface area contributed by atoms with Gasteiger partial charge in [0.15, 0.2) is 0 Å². The molecule has 6 aromatic rings. The first-order chi connectivity index (χ1) is 17.2. The Morgan fingerprint density at radius 2 is 1.11 bits per heavy atom. The normalized spacial score (nSPS) is 12.3. The van der Waals surface area contributed by atoms with Gasteiger partial charge in [0.05, 0.1) is 7.11 Å². The Balaban J connectivity index is 1.29. The SMILES string of the molecule is COc1cccc(-c2cc3c(s2)-c2ccc4c5c(ccc-3c25)-c2sc(-c3cccc(F)c3)cc2-4)c1. The molecule has 0 spiro atoms. The van der Waals surface area contributed by atoms with E-state index in [9.17, 15) is 4.39 Å². The molecule has 0 bridgehead atoms. The van der Waals surface area contributed by atoms with Crippen molar-refractivity contribution in [3.63, 3.8) is 0 Å². The molecular formula is C31H17FOS2. The fraction of sp³-hybridized carbons (Fsp3) is 0.0323. The third-order valence-corrected chi connectivity index (χ3v) is 9.59. The van der Waals surface area contributed by atoms with Crippen LogP contribution in [0.4, 0.5) is 4.39 Å². The predicted molar refractivity (Wildman–Crippen MR) is 146 cm³/mol. The number of rotatable bonds is 3. The van der Waals surface area contributed by atoms with Crippen molar-refractivity contribution in [2.45, 2.75) is 0 Å². The van der Waals surface area contributed by atoms with Crippen molar-refractivity contribution in [2.24, 2.45) is 0 Å². The van der Waals surface area contributed by atoms with Gasteiger partial charge in [-0.3, -0.25) is 0 Å². The minimum absolute atomic E-state index is 0.196. The molecule has 4 aromatic carbocycles. The lowest BCUT2D eigenvalue weighted by atomic mass is 9.97. The number of halogens is 1. The first kappa shape index (κ1) is 19.6. The second kappa shape index (κ2) is 6.91. The highest BCUT2D eigenvalue weighted by atomic mass is 32.1. The Morgan fingerprint density at radius 3 is 1.69 bits per heavy atom. The number of thiophene rings is 2. The van der Waals surface area contributed by atoms with E-state index in [1.165, 1.54) is 70.4 Å². The van der Waals surface area contributed by atoms with Crippen LogP contribution in [0, 0.1) is 5.82 Å². The summed E-state index contributed by atoms with van der Waals surface area (Å²) in [6, 6.07) is 28.9. The molecule has 2 aliphatic rings. The fourth-order valence-corrected chi connectivity index (χ4v) is 8.01. The molecule has 2 heterocycles. The monoisotopic (exact) mass is 488 g/mol. The van der Waals surface area contributed by atoms with Crippen molar-refractivity contribution in [1.29, 1.82) is 0 Å². The molecule has 2 aliphatic carbocycles. The average Bonchev–Trinajstić information content (AvgIpc) is 3.63. The van der Waals surface area contributed by atoms with E-state index in [-0.39, 0.29) is 5.82 Å². The van der Waals surface area contributed by atoms with Crippen LogP contribution in [0.5, 0.6) is 5.75 Å². The fourth-order valence-electron chi connectivity index (χ4n) is 5.61. The summed E-state index contributed by atoms with van der Waals surface area (Å²) in [5.74, 6) is 0.681. The van der Waals surface area contributed by atoms with Crippen LogP contribution in [0.25, 0.3) is 74.8 Å². The molecule has 2 aromatic heterocycles. The van der Waals surface area contributed by atoms with Crippen LogP contribution >= 0.6 is 22.7 Å². The van der Waals surface area contributed by atoms with Gasteiger partial charge in [0.2, 0.25) is 0 Å². The van der Waals surface area contributed by atoms with E-state index in [0.29, 0.717) is 0 Å². The number of hydrogen-bond acceptors (Lipinski definition) is 3. The predicted octanol–water partition coefficient (Wildman–Crippen LogP) is 9.74. The second-order valence-corrected chi connectivity index (χ2v) is 11.1. The van der Waals surface area contributed by atoms with E-state index >= 15 is 0 Å². The molecule has 35 heavy (non-hydrogen) atoms. The van der Waals surface area contributed by atoms with Gasteiger partial charge in [0.1, 0.15) is 11.6 Å². The van der Waals surface area contributed by atoms with E-state index < -0.39 is 0 Å². The Bertz CT molecular complexity index is 1770. The Kier molecular flexibility index (Phi) is 3.86. The smallest absolute Gasteiger partial charge is 0.123 e. The maximum Gasteiger partial charge on any atom is 0.123 e. The molecule has 0 unspecified atom stereocenters. The summed E-state index contributed by atoms with van der Waals surface area (Å²) in [5.41, 5.74) is 9.95. The first-order valence-corrected chi connectivity index (χ1v) is 13.1. The molecule has 0 amide bonds. The van der Waals surface area contributed by atoms with Gasteiger partial charge < -0.3 is 4.74 Å². The summed E-state index contributed by atoms with van der Waals surface area (Å²) < 4.78 is 19.3. The number of hydrogen-bond donors (Lipinski definition) is 0. The van der Waals surface area contributed by atoms with Gasteiger partial charge in [0, 0.05) is 41.8 Å². The lowest BCUT2D eigenvalue weighted by Gasteiger charge is -2.08. The Labute approximate surface area is 209 Å². The van der Waals surface area contributed by atoms with E-state index in [2.05, 4.69) is 48.5 Å². The molecule has 0 aliphatic heterocycles. The lowest BCUT2D eigenvalue weighted by molar-refractivity contribution is 0.415. The Morgan fingerprint density at radius 1 is 0.571 bits per heavy atom. The van der Waals surface area contributed by atoms with Crippen molar-refractivity contribution in [1.82, 2.24) is 0 Å². The van der Waals surface area contributed by atoms with Crippen molar-refractivity contribution in [3.8, 4) is 69.8 Å². The van der Waals surface area contributed by atoms with Crippen LogP contribution in [-0.4, -0.2) is 7.11 Å². The number of ether oxygens (including phenoxy) is 1. The van der Waals surface area contributed by atoms with E-state index in [4.69, 9.17) is 4.74 Å². The quantitative estimate of drug-likeness (QED) is 0.240. The molecule has 166 valence electrons. The van der Waals surface area contributed by atoms with Crippen molar-refractivity contribution in [2.75, 3.05) is 7.11 Å². The van der Waals surface area contributed by atoms with Crippen LogP contribution in [0.1, 0.15) is 0 Å². The highest BCUT2D eigenvalue weighted by Gasteiger charge is 2.32. The van der Waals surface area contributed by atoms with Crippen molar-refractivity contribution >= 4 is 33.4 Å². The van der Waals surface area contributed by atoms with Gasteiger partial charge in [-0.05, 0) is 69.4 Å². The molecule has 4 heteroatoms. The van der Waals surface area contributed by atoms with Gasteiger partial charge in [-0.2, -0.15) is 0 Å². The summed E-state index contributed by atoms with van der Waals surface area (Å²) in [5, 5.41) is 2.73. The van der Waals surface area contributed by atoms with Crippen LogP contribution in [0.3, 0.4) is 0 Å². The minimum atomic E-state index is -0.196. The standard InChI is InChI=1S/C31H17FOS2/c1-33-19-7-3-5-17(13-19)27-15-25-21-9-10-22-28-20(8-11-23(29(21)28)31(25)35-27)24-14-26(34-30(22)24)16-4-2-6-18(32)12-16/h2-15H,1H3. The zero-order valence-corrected chi connectivity index (χ0v) is 20.3. The highest BCUT2D eigenvalue weighted by Crippen LogP contribution is 2.60. The summed E-state index contributed by atoms with van der Waals surface area (Å²) in [6.07, 6.45) is 0. The molecule has 0 radical (unpaired) electrons. The summed E-state index contributed by atoms with van der Waals surface area (Å²) >= 11 is 3.61. The summed E-state index contributed by atoms with van der Waals surface area (Å²) in [6.45, 7) is 0. The van der Waals surface area contributed by atoms with Gasteiger partial charge >= 0.3 is 0 Å². The lowest BCUT2D eigenvalue weighted by Crippen LogP contribution is -1.82. The maximum absolute atomic E-state index is 13.8. The molecule has 0 N–H and O–H groups in total. The Hall–Kier alpha value is -3.73. The van der Waals surface area contributed by atoms with Gasteiger partial charge in [-0.15, -0.1) is 22.7 Å². The number of fused-ring (bicyclic) bond motifs is 6. The van der Waals surface area contributed by atoms with Gasteiger partial charge in [0.25, 0.3) is 0 Å². The first-order valence-electron chi connectivity index (χ1n) is 11.5. The van der Waals surface area contributed by atoms with Gasteiger partial charge in [-0.25, -0.2) is 4.39 Å². The van der Waals surface area contributed by atoms with Crippen molar-refractivity contribution < 1.29 is 9.13 Å². The summed E-state index contributed by atoms with van der Waals surface area (Å²) in [4.78, 5) is 5.00. The second-order valence-electron chi connectivity index (χ2n) is 9.02. The number of benzene rings is 4.